The molecule has 0 saturated heterocycles. The van der Waals surface area contributed by atoms with Crippen molar-refractivity contribution in [2.75, 3.05) is 9.80 Å². The summed E-state index contributed by atoms with van der Waals surface area (Å²) in [6.07, 6.45) is 18.2. The minimum Gasteiger partial charge on any atom is -0.311 e. The van der Waals surface area contributed by atoms with E-state index in [1.807, 2.05) is 0 Å². The Morgan fingerprint density at radius 3 is 1.15 bits per heavy atom. The lowest BCUT2D eigenvalue weighted by Gasteiger charge is -2.27. The first kappa shape index (κ1) is 33.2. The highest BCUT2D eigenvalue weighted by Gasteiger charge is 2.16. The molecular formula is C52H42N2. The van der Waals surface area contributed by atoms with E-state index in [4.69, 9.17) is 0 Å². The molecule has 260 valence electrons. The van der Waals surface area contributed by atoms with Crippen LogP contribution < -0.4 is 9.80 Å². The number of hydrogen-bond donors (Lipinski definition) is 0. The van der Waals surface area contributed by atoms with E-state index in [1.54, 1.807) is 0 Å². The standard InChI is InChI=1S/C52H42N2/c1-4-12-39(13-5-1)42-20-29-48(30-21-42)53(49-31-22-43(23-32-49)40-14-6-2-7-15-40)50-33-24-44(25-34-50)45-26-35-51(36-27-45)54(47-18-8-3-9-19-47)52-37-28-41-16-10-11-17-46(41)38-52/h3-4,6,8-38H,1-2,5,7H2. The van der Waals surface area contributed by atoms with Crippen LogP contribution in [0.4, 0.5) is 34.1 Å². The maximum Gasteiger partial charge on any atom is 0.0468 e. The highest BCUT2D eigenvalue weighted by atomic mass is 15.1. The predicted octanol–water partition coefficient (Wildman–Crippen LogP) is 14.9. The van der Waals surface area contributed by atoms with Crippen LogP contribution in [0.2, 0.25) is 0 Å². The second-order valence-electron chi connectivity index (χ2n) is 14.0. The van der Waals surface area contributed by atoms with Crippen LogP contribution in [0.1, 0.15) is 36.8 Å². The Kier molecular flexibility index (Phi) is 9.32. The molecule has 0 aromatic heterocycles. The average molecular weight is 695 g/mol. The molecule has 7 aromatic rings. The number of anilines is 6. The fourth-order valence-electron chi connectivity index (χ4n) is 7.65. The third kappa shape index (κ3) is 6.95. The molecule has 54 heavy (non-hydrogen) atoms. The quantitative estimate of drug-likeness (QED) is 0.148. The van der Waals surface area contributed by atoms with Crippen molar-refractivity contribution in [1.82, 2.24) is 0 Å². The molecule has 7 aromatic carbocycles. The second-order valence-corrected chi connectivity index (χ2v) is 14.0. The SMILES string of the molecule is C1=CC(c2ccc(N(c3ccc(C4=CCCC=C4)cc3)c3ccc(-c4ccc(N(c5ccccc5)c5ccc6ccccc6c5)cc4)cc3)cc2)=CCC1. The molecule has 0 bridgehead atoms. The van der Waals surface area contributed by atoms with Gasteiger partial charge in [0.15, 0.2) is 0 Å². The lowest BCUT2D eigenvalue weighted by molar-refractivity contribution is 1.04. The number of benzene rings is 7. The topological polar surface area (TPSA) is 6.48 Å². The molecule has 0 amide bonds. The van der Waals surface area contributed by atoms with Gasteiger partial charge in [0, 0.05) is 34.1 Å². The van der Waals surface area contributed by atoms with Gasteiger partial charge in [0.25, 0.3) is 0 Å². The molecule has 2 aliphatic rings. The second kappa shape index (κ2) is 15.1. The summed E-state index contributed by atoms with van der Waals surface area (Å²) in [5, 5.41) is 2.47. The third-order valence-electron chi connectivity index (χ3n) is 10.5. The molecular weight excluding hydrogens is 653 g/mol. The van der Waals surface area contributed by atoms with E-state index in [9.17, 15) is 0 Å². The van der Waals surface area contributed by atoms with E-state index in [0.717, 1.165) is 59.8 Å². The number of allylic oxidation sites excluding steroid dienone is 8. The summed E-state index contributed by atoms with van der Waals surface area (Å²) in [6.45, 7) is 0. The lowest BCUT2D eigenvalue weighted by atomic mass is 9.98. The van der Waals surface area contributed by atoms with Gasteiger partial charge in [0.1, 0.15) is 0 Å². The van der Waals surface area contributed by atoms with Gasteiger partial charge in [-0.05, 0) is 143 Å². The van der Waals surface area contributed by atoms with Crippen LogP contribution in [-0.2, 0) is 0 Å². The first-order valence-corrected chi connectivity index (χ1v) is 19.1. The Morgan fingerprint density at radius 1 is 0.296 bits per heavy atom. The van der Waals surface area contributed by atoms with E-state index in [0.29, 0.717) is 0 Å². The van der Waals surface area contributed by atoms with Gasteiger partial charge < -0.3 is 9.80 Å². The molecule has 0 spiro atoms. The van der Waals surface area contributed by atoms with Crippen LogP contribution in [0.3, 0.4) is 0 Å². The number of para-hydroxylation sites is 1. The minimum atomic E-state index is 1.10. The van der Waals surface area contributed by atoms with Crippen molar-refractivity contribution in [3.8, 4) is 11.1 Å². The van der Waals surface area contributed by atoms with Gasteiger partial charge in [-0.15, -0.1) is 0 Å². The van der Waals surface area contributed by atoms with E-state index in [2.05, 4.69) is 216 Å². The molecule has 0 unspecified atom stereocenters. The number of hydrogen-bond acceptors (Lipinski definition) is 2. The Hall–Kier alpha value is -6.64. The van der Waals surface area contributed by atoms with Gasteiger partial charge in [0.05, 0.1) is 0 Å². The fraction of sp³-hybridized carbons (Fsp3) is 0.0769. The summed E-state index contributed by atoms with van der Waals surface area (Å²) in [4.78, 5) is 4.69. The molecule has 0 aliphatic heterocycles. The lowest BCUT2D eigenvalue weighted by Crippen LogP contribution is -2.10. The average Bonchev–Trinajstić information content (AvgIpc) is 3.26. The normalized spacial score (nSPS) is 13.7. The van der Waals surface area contributed by atoms with Crippen molar-refractivity contribution >= 4 is 56.0 Å². The van der Waals surface area contributed by atoms with Crippen molar-refractivity contribution in [2.24, 2.45) is 0 Å². The van der Waals surface area contributed by atoms with Crippen molar-refractivity contribution in [2.45, 2.75) is 25.7 Å². The predicted molar refractivity (Wildman–Crippen MR) is 231 cm³/mol. The smallest absolute Gasteiger partial charge is 0.0468 e. The molecule has 0 N–H and O–H groups in total. The summed E-state index contributed by atoms with van der Waals surface area (Å²) in [5.41, 5.74) is 14.3. The minimum absolute atomic E-state index is 1.10. The maximum atomic E-state index is 2.36. The monoisotopic (exact) mass is 694 g/mol. The van der Waals surface area contributed by atoms with Crippen molar-refractivity contribution in [1.29, 1.82) is 0 Å². The van der Waals surface area contributed by atoms with Crippen molar-refractivity contribution in [3.63, 3.8) is 0 Å². The van der Waals surface area contributed by atoms with Gasteiger partial charge in [-0.25, -0.2) is 0 Å². The van der Waals surface area contributed by atoms with Gasteiger partial charge in [-0.3, -0.25) is 0 Å². The maximum absolute atomic E-state index is 2.36. The van der Waals surface area contributed by atoms with Gasteiger partial charge in [-0.2, -0.15) is 0 Å². The molecule has 0 fully saturated rings. The Balaban J connectivity index is 1.03. The molecule has 2 heteroatoms. The highest BCUT2D eigenvalue weighted by molar-refractivity contribution is 5.90. The summed E-state index contributed by atoms with van der Waals surface area (Å²) in [6, 6.07) is 61.8. The van der Waals surface area contributed by atoms with Gasteiger partial charge in [-0.1, -0.05) is 134 Å². The summed E-state index contributed by atoms with van der Waals surface area (Å²) >= 11 is 0. The van der Waals surface area contributed by atoms with Crippen LogP contribution in [-0.4, -0.2) is 0 Å². The Labute approximate surface area is 319 Å². The van der Waals surface area contributed by atoms with Crippen molar-refractivity contribution < 1.29 is 0 Å². The van der Waals surface area contributed by atoms with Crippen LogP contribution in [0.5, 0.6) is 0 Å². The molecule has 2 nitrogen and oxygen atoms in total. The summed E-state index contributed by atoms with van der Waals surface area (Å²) in [7, 11) is 0. The first-order valence-electron chi connectivity index (χ1n) is 19.1. The van der Waals surface area contributed by atoms with Crippen LogP contribution in [0.25, 0.3) is 33.0 Å². The molecule has 2 aliphatic carbocycles. The first-order chi connectivity index (χ1) is 26.8. The van der Waals surface area contributed by atoms with E-state index in [1.165, 1.54) is 44.2 Å². The van der Waals surface area contributed by atoms with E-state index >= 15 is 0 Å². The fourth-order valence-corrected chi connectivity index (χ4v) is 7.65. The molecule has 0 radical (unpaired) electrons. The molecule has 9 rings (SSSR count). The van der Waals surface area contributed by atoms with Crippen LogP contribution in [0, 0.1) is 0 Å². The molecule has 0 atom stereocenters. The van der Waals surface area contributed by atoms with Crippen LogP contribution in [0.15, 0.2) is 206 Å². The van der Waals surface area contributed by atoms with Crippen molar-refractivity contribution in [3.05, 3.63) is 217 Å². The molecule has 0 saturated carbocycles. The largest absolute Gasteiger partial charge is 0.311 e. The summed E-state index contributed by atoms with van der Waals surface area (Å²) < 4.78 is 0. The molecule has 0 heterocycles. The number of rotatable bonds is 9. The number of nitrogens with zero attached hydrogens (tertiary/aromatic N) is 2. The van der Waals surface area contributed by atoms with E-state index in [-0.39, 0.29) is 0 Å². The van der Waals surface area contributed by atoms with E-state index < -0.39 is 0 Å². The zero-order valence-corrected chi connectivity index (χ0v) is 30.4. The third-order valence-corrected chi connectivity index (χ3v) is 10.5. The summed E-state index contributed by atoms with van der Waals surface area (Å²) in [5.74, 6) is 0. The van der Waals surface area contributed by atoms with Crippen LogP contribution >= 0.6 is 0 Å². The van der Waals surface area contributed by atoms with Gasteiger partial charge >= 0.3 is 0 Å². The Morgan fingerprint density at radius 2 is 0.685 bits per heavy atom. The zero-order chi connectivity index (χ0) is 36.1. The Bertz CT molecular complexity index is 2430. The van der Waals surface area contributed by atoms with Gasteiger partial charge in [0.2, 0.25) is 0 Å². The number of fused-ring (bicyclic) bond motifs is 1. The zero-order valence-electron chi connectivity index (χ0n) is 30.4. The highest BCUT2D eigenvalue weighted by Crippen LogP contribution is 2.39.